The van der Waals surface area contributed by atoms with Crippen LogP contribution in [0.5, 0.6) is 0 Å². The van der Waals surface area contributed by atoms with Gasteiger partial charge in [0.15, 0.2) is 11.5 Å². The quantitative estimate of drug-likeness (QED) is 0.878. The highest BCUT2D eigenvalue weighted by Gasteiger charge is 2.24. The highest BCUT2D eigenvalue weighted by atomic mass is 35.5. The van der Waals surface area contributed by atoms with Crippen molar-refractivity contribution in [1.29, 1.82) is 0 Å². The fraction of sp³-hybridized carbons (Fsp3) is 0.636. The van der Waals surface area contributed by atoms with E-state index < -0.39 is 0 Å². The Bertz CT molecular complexity index is 397. The van der Waals surface area contributed by atoms with Crippen molar-refractivity contribution in [3.8, 4) is 0 Å². The Labute approximate surface area is 112 Å². The maximum Gasteiger partial charge on any atom is 0.276 e. The minimum Gasteiger partial charge on any atom is -0.377 e. The molecule has 1 aromatic rings. The summed E-state index contributed by atoms with van der Waals surface area (Å²) in [7, 11) is 1.57. The average molecular weight is 276 g/mol. The van der Waals surface area contributed by atoms with E-state index in [0.29, 0.717) is 37.2 Å². The van der Waals surface area contributed by atoms with E-state index in [2.05, 4.69) is 17.4 Å². The maximum absolute atomic E-state index is 12.1. The molecule has 0 aliphatic carbocycles. The van der Waals surface area contributed by atoms with Crippen molar-refractivity contribution in [2.75, 3.05) is 26.7 Å². The molecule has 6 nitrogen and oxygen atoms in total. The second-order valence-electron chi connectivity index (χ2n) is 4.22. The normalized spacial score (nSPS) is 19.4. The number of amides is 1. The first-order valence-electron chi connectivity index (χ1n) is 5.68. The van der Waals surface area contributed by atoms with Gasteiger partial charge < -0.3 is 19.5 Å². The number of methoxy groups -OCH3 is 1. The predicted molar refractivity (Wildman–Crippen MR) is 67.8 cm³/mol. The van der Waals surface area contributed by atoms with Gasteiger partial charge in [0.25, 0.3) is 5.91 Å². The first kappa shape index (κ1) is 14.9. The van der Waals surface area contributed by atoms with Crippen LogP contribution in [0.25, 0.3) is 0 Å². The molecule has 2 rings (SSSR count). The standard InChI is InChI=1S/C11H17N3O3.ClH/c1-8-6-14(4-3-12-8)11(15)10-5-9(7-16-2)17-13-10;/h5,8,12H,3-4,6-7H2,1-2H3;1H/t8-;/m1./s1. The number of aromatic nitrogens is 1. The van der Waals surface area contributed by atoms with Gasteiger partial charge in [-0.3, -0.25) is 4.79 Å². The molecular formula is C11H18ClN3O3. The molecule has 1 aliphatic heterocycles. The van der Waals surface area contributed by atoms with Crippen molar-refractivity contribution in [2.45, 2.75) is 19.6 Å². The van der Waals surface area contributed by atoms with Gasteiger partial charge in [-0.25, -0.2) is 0 Å². The molecule has 1 amide bonds. The predicted octanol–water partition coefficient (Wildman–Crippen LogP) is 0.677. The largest absolute Gasteiger partial charge is 0.377 e. The summed E-state index contributed by atoms with van der Waals surface area (Å²) in [6.07, 6.45) is 0. The molecule has 7 heteroatoms. The topological polar surface area (TPSA) is 67.6 Å². The Hall–Kier alpha value is -1.11. The van der Waals surface area contributed by atoms with Crippen LogP contribution in [-0.2, 0) is 11.3 Å². The number of nitrogens with zero attached hydrogens (tertiary/aromatic N) is 2. The first-order valence-corrected chi connectivity index (χ1v) is 5.68. The van der Waals surface area contributed by atoms with Gasteiger partial charge in [-0.1, -0.05) is 5.16 Å². The van der Waals surface area contributed by atoms with Crippen molar-refractivity contribution < 1.29 is 14.1 Å². The van der Waals surface area contributed by atoms with E-state index in [4.69, 9.17) is 9.26 Å². The number of ether oxygens (including phenoxy) is 1. The molecule has 0 bridgehead atoms. The lowest BCUT2D eigenvalue weighted by molar-refractivity contribution is 0.0698. The smallest absolute Gasteiger partial charge is 0.276 e. The lowest BCUT2D eigenvalue weighted by atomic mass is 10.2. The van der Waals surface area contributed by atoms with Crippen LogP contribution in [0, 0.1) is 0 Å². The molecule has 18 heavy (non-hydrogen) atoms. The third-order valence-electron chi connectivity index (χ3n) is 2.72. The van der Waals surface area contributed by atoms with Crippen LogP contribution in [0.1, 0.15) is 23.2 Å². The highest BCUT2D eigenvalue weighted by molar-refractivity contribution is 5.92. The Balaban J connectivity index is 0.00000162. The summed E-state index contributed by atoms with van der Waals surface area (Å²) >= 11 is 0. The summed E-state index contributed by atoms with van der Waals surface area (Å²) < 4.78 is 9.92. The van der Waals surface area contributed by atoms with Crippen LogP contribution in [0.3, 0.4) is 0 Å². The van der Waals surface area contributed by atoms with E-state index in [1.807, 2.05) is 0 Å². The van der Waals surface area contributed by atoms with Crippen LogP contribution < -0.4 is 5.32 Å². The van der Waals surface area contributed by atoms with E-state index >= 15 is 0 Å². The second kappa shape index (κ2) is 6.72. The van der Waals surface area contributed by atoms with Crippen molar-refractivity contribution >= 4 is 18.3 Å². The molecule has 0 aromatic carbocycles. The average Bonchev–Trinajstić information content (AvgIpc) is 2.77. The minimum atomic E-state index is -0.0792. The lowest BCUT2D eigenvalue weighted by Crippen LogP contribution is -2.51. The number of halogens is 1. The van der Waals surface area contributed by atoms with Crippen LogP contribution in [0.15, 0.2) is 10.6 Å². The molecule has 1 fully saturated rings. The Morgan fingerprint density at radius 2 is 2.50 bits per heavy atom. The second-order valence-corrected chi connectivity index (χ2v) is 4.22. The molecule has 1 N–H and O–H groups in total. The van der Waals surface area contributed by atoms with Crippen molar-refractivity contribution in [1.82, 2.24) is 15.4 Å². The zero-order chi connectivity index (χ0) is 12.3. The van der Waals surface area contributed by atoms with Gasteiger partial charge >= 0.3 is 0 Å². The lowest BCUT2D eigenvalue weighted by Gasteiger charge is -2.31. The molecule has 0 saturated carbocycles. The van der Waals surface area contributed by atoms with E-state index in [1.54, 1.807) is 18.1 Å². The molecule has 2 heterocycles. The fourth-order valence-electron chi connectivity index (χ4n) is 1.90. The Kier molecular flexibility index (Phi) is 5.58. The summed E-state index contributed by atoms with van der Waals surface area (Å²) in [6, 6.07) is 1.96. The van der Waals surface area contributed by atoms with Crippen LogP contribution in [-0.4, -0.2) is 48.7 Å². The molecule has 1 aromatic heterocycles. The Morgan fingerprint density at radius 1 is 1.72 bits per heavy atom. The summed E-state index contributed by atoms with van der Waals surface area (Å²) in [5.74, 6) is 0.489. The molecular weight excluding hydrogens is 258 g/mol. The number of hydrogen-bond acceptors (Lipinski definition) is 5. The molecule has 0 spiro atoms. The fourth-order valence-corrected chi connectivity index (χ4v) is 1.90. The van der Waals surface area contributed by atoms with E-state index in [0.717, 1.165) is 6.54 Å². The van der Waals surface area contributed by atoms with E-state index in [1.165, 1.54) is 0 Å². The zero-order valence-corrected chi connectivity index (χ0v) is 11.3. The Morgan fingerprint density at radius 3 is 3.17 bits per heavy atom. The monoisotopic (exact) mass is 275 g/mol. The number of carbonyl (C=O) groups is 1. The zero-order valence-electron chi connectivity index (χ0n) is 10.5. The number of carbonyl (C=O) groups excluding carboxylic acids is 1. The summed E-state index contributed by atoms with van der Waals surface area (Å²) in [4.78, 5) is 13.9. The SMILES string of the molecule is COCc1cc(C(=O)N2CCN[C@H](C)C2)no1.Cl. The molecule has 0 radical (unpaired) electrons. The maximum atomic E-state index is 12.1. The third kappa shape index (κ3) is 3.44. The summed E-state index contributed by atoms with van der Waals surface area (Å²) in [6.45, 7) is 4.60. The molecule has 102 valence electrons. The van der Waals surface area contributed by atoms with Gasteiger partial charge in [0.2, 0.25) is 0 Å². The van der Waals surface area contributed by atoms with E-state index in [-0.39, 0.29) is 18.3 Å². The minimum absolute atomic E-state index is 0. The van der Waals surface area contributed by atoms with Gasteiger partial charge in [-0.05, 0) is 6.92 Å². The van der Waals surface area contributed by atoms with Gasteiger partial charge in [0.1, 0.15) is 6.61 Å². The van der Waals surface area contributed by atoms with Gasteiger partial charge in [-0.2, -0.15) is 0 Å². The van der Waals surface area contributed by atoms with Crippen LogP contribution >= 0.6 is 12.4 Å². The summed E-state index contributed by atoms with van der Waals surface area (Å²) in [5, 5.41) is 7.05. The molecule has 0 unspecified atom stereocenters. The molecule has 1 aliphatic rings. The van der Waals surface area contributed by atoms with Gasteiger partial charge in [0, 0.05) is 38.9 Å². The number of nitrogens with one attached hydrogen (secondary N) is 1. The van der Waals surface area contributed by atoms with Crippen LogP contribution in [0.4, 0.5) is 0 Å². The van der Waals surface area contributed by atoms with E-state index in [9.17, 15) is 4.79 Å². The molecule has 1 saturated heterocycles. The van der Waals surface area contributed by atoms with Gasteiger partial charge in [-0.15, -0.1) is 12.4 Å². The molecule has 1 atom stereocenters. The van der Waals surface area contributed by atoms with Gasteiger partial charge in [0.05, 0.1) is 0 Å². The first-order chi connectivity index (χ1) is 8.20. The number of hydrogen-bond donors (Lipinski definition) is 1. The summed E-state index contributed by atoms with van der Waals surface area (Å²) in [5.41, 5.74) is 0.353. The third-order valence-corrected chi connectivity index (χ3v) is 2.72. The van der Waals surface area contributed by atoms with Crippen LogP contribution in [0.2, 0.25) is 0 Å². The highest BCUT2D eigenvalue weighted by Crippen LogP contribution is 2.09. The number of rotatable bonds is 3. The van der Waals surface area contributed by atoms with Crippen molar-refractivity contribution in [3.05, 3.63) is 17.5 Å². The number of piperazine rings is 1. The van der Waals surface area contributed by atoms with Crippen molar-refractivity contribution in [2.24, 2.45) is 0 Å². The van der Waals surface area contributed by atoms with Crippen molar-refractivity contribution in [3.63, 3.8) is 0 Å².